The zero-order valence-corrected chi connectivity index (χ0v) is 14.6. The number of hydrogen-bond acceptors (Lipinski definition) is 5. The third kappa shape index (κ3) is 3.00. The van der Waals surface area contributed by atoms with Crippen molar-refractivity contribution in [1.82, 2.24) is 20.1 Å². The third-order valence-electron chi connectivity index (χ3n) is 5.10. The minimum absolute atomic E-state index is 0.0129. The van der Waals surface area contributed by atoms with Gasteiger partial charge in [0, 0.05) is 26.4 Å². The molecule has 4 rings (SSSR count). The Morgan fingerprint density at radius 2 is 2.20 bits per heavy atom. The Kier molecular flexibility index (Phi) is 4.17. The van der Waals surface area contributed by atoms with Crippen LogP contribution in [0.3, 0.4) is 0 Å². The molecule has 0 aromatic carbocycles. The quantitative estimate of drug-likeness (QED) is 0.911. The van der Waals surface area contributed by atoms with Gasteiger partial charge in [0.2, 0.25) is 0 Å². The molecule has 2 fully saturated rings. The van der Waals surface area contributed by atoms with Crippen LogP contribution in [0.4, 0.5) is 5.82 Å². The first-order valence-corrected chi connectivity index (χ1v) is 8.74. The summed E-state index contributed by atoms with van der Waals surface area (Å²) < 4.78 is 7.85. The van der Waals surface area contributed by atoms with Crippen molar-refractivity contribution in [1.29, 1.82) is 0 Å². The second-order valence-corrected chi connectivity index (χ2v) is 6.81. The molecule has 2 aromatic heterocycles. The minimum Gasteiger partial charge on any atom is -0.374 e. The molecule has 1 amide bonds. The Morgan fingerprint density at radius 3 is 2.92 bits per heavy atom. The van der Waals surface area contributed by atoms with E-state index in [0.29, 0.717) is 12.2 Å². The van der Waals surface area contributed by atoms with E-state index in [1.165, 1.54) is 0 Å². The van der Waals surface area contributed by atoms with Crippen LogP contribution in [0.1, 0.15) is 29.0 Å². The molecule has 2 aliphatic rings. The van der Waals surface area contributed by atoms with Gasteiger partial charge < -0.3 is 19.5 Å². The van der Waals surface area contributed by atoms with E-state index in [1.807, 2.05) is 49.0 Å². The number of aryl methyl sites for hydroxylation is 2. The Morgan fingerprint density at radius 1 is 1.32 bits per heavy atom. The maximum absolute atomic E-state index is 12.6. The van der Waals surface area contributed by atoms with Crippen molar-refractivity contribution in [2.45, 2.75) is 38.0 Å². The van der Waals surface area contributed by atoms with Gasteiger partial charge >= 0.3 is 0 Å². The van der Waals surface area contributed by atoms with E-state index >= 15 is 0 Å². The molecule has 0 unspecified atom stereocenters. The molecule has 0 saturated carbocycles. The molecule has 2 aromatic rings. The topological polar surface area (TPSA) is 72.3 Å². The molecule has 2 aliphatic heterocycles. The van der Waals surface area contributed by atoms with E-state index in [9.17, 15) is 4.79 Å². The Hall–Kier alpha value is -2.41. The normalized spacial score (nSPS) is 25.7. The Labute approximate surface area is 147 Å². The number of aromatic nitrogens is 3. The van der Waals surface area contributed by atoms with E-state index in [2.05, 4.69) is 20.4 Å². The molecule has 2 saturated heterocycles. The van der Waals surface area contributed by atoms with Gasteiger partial charge in [-0.1, -0.05) is 0 Å². The summed E-state index contributed by atoms with van der Waals surface area (Å²) in [5.74, 6) is 0.781. The lowest BCUT2D eigenvalue weighted by Gasteiger charge is -2.32. The largest absolute Gasteiger partial charge is 0.374 e. The summed E-state index contributed by atoms with van der Waals surface area (Å²) in [7, 11) is 1.87. The molecule has 4 heterocycles. The molecular formula is C18H23N5O2. The fourth-order valence-electron chi connectivity index (χ4n) is 3.83. The molecule has 0 bridgehead atoms. The van der Waals surface area contributed by atoms with Crippen molar-refractivity contribution in [2.24, 2.45) is 7.05 Å². The molecule has 25 heavy (non-hydrogen) atoms. The number of carbonyl (C=O) groups excluding carboxylic acids is 1. The van der Waals surface area contributed by atoms with Crippen molar-refractivity contribution < 1.29 is 9.53 Å². The monoisotopic (exact) mass is 341 g/mol. The summed E-state index contributed by atoms with van der Waals surface area (Å²) in [6, 6.07) is 7.83. The van der Waals surface area contributed by atoms with Crippen LogP contribution in [-0.4, -0.2) is 52.0 Å². The lowest BCUT2D eigenvalue weighted by atomic mass is 10.0. The van der Waals surface area contributed by atoms with Crippen LogP contribution in [0, 0.1) is 6.92 Å². The number of carbonyl (C=O) groups is 1. The average Bonchev–Trinajstić information content (AvgIpc) is 3.20. The van der Waals surface area contributed by atoms with Crippen LogP contribution < -0.4 is 10.2 Å². The lowest BCUT2D eigenvalue weighted by molar-refractivity contribution is 0.000622. The number of fused-ring (bicyclic) bond motifs is 1. The van der Waals surface area contributed by atoms with Gasteiger partial charge in [-0.2, -0.15) is 5.10 Å². The summed E-state index contributed by atoms with van der Waals surface area (Å²) in [5, 5.41) is 11.7. The summed E-state index contributed by atoms with van der Waals surface area (Å²) in [6.07, 6.45) is 3.92. The number of nitrogens with one attached hydrogen (secondary N) is 1. The number of hydrogen-bond donors (Lipinski definition) is 1. The summed E-state index contributed by atoms with van der Waals surface area (Å²) in [4.78, 5) is 14.8. The number of rotatable bonds is 3. The van der Waals surface area contributed by atoms with Gasteiger partial charge in [-0.05, 0) is 44.0 Å². The van der Waals surface area contributed by atoms with E-state index < -0.39 is 0 Å². The zero-order valence-electron chi connectivity index (χ0n) is 14.6. The zero-order chi connectivity index (χ0) is 17.4. The number of nitrogens with zero attached hydrogens (tertiary/aromatic N) is 4. The van der Waals surface area contributed by atoms with Crippen LogP contribution in [-0.2, 0) is 11.8 Å². The van der Waals surface area contributed by atoms with Gasteiger partial charge in [-0.3, -0.25) is 4.79 Å². The molecule has 1 N–H and O–H groups in total. The second kappa shape index (κ2) is 6.48. The van der Waals surface area contributed by atoms with Gasteiger partial charge in [0.05, 0.1) is 23.9 Å². The van der Waals surface area contributed by atoms with Gasteiger partial charge in [-0.25, -0.2) is 0 Å². The van der Waals surface area contributed by atoms with Crippen molar-refractivity contribution >= 4 is 11.7 Å². The maximum atomic E-state index is 12.6. The standard InChI is InChI=1S/C18H23N5O2/c1-12-7-8-16(21-20-12)23-11-13(17-14(23)6-4-10-25-17)19-18(24)15-5-3-9-22(15)2/h3,5,7-9,13-14,17H,4,6,10-11H2,1-2H3,(H,19,24)/t13-,14+,17+/m1/s1. The number of anilines is 1. The highest BCUT2D eigenvalue weighted by Crippen LogP contribution is 2.32. The molecule has 132 valence electrons. The Bertz CT molecular complexity index is 757. The molecule has 7 nitrogen and oxygen atoms in total. The van der Waals surface area contributed by atoms with Crippen molar-refractivity contribution in [3.63, 3.8) is 0 Å². The Balaban J connectivity index is 1.55. The maximum Gasteiger partial charge on any atom is 0.268 e. The van der Waals surface area contributed by atoms with Crippen LogP contribution in [0.2, 0.25) is 0 Å². The van der Waals surface area contributed by atoms with Crippen LogP contribution in [0.15, 0.2) is 30.5 Å². The highest BCUT2D eigenvalue weighted by molar-refractivity contribution is 5.93. The van der Waals surface area contributed by atoms with Gasteiger partial charge in [-0.15, -0.1) is 5.10 Å². The third-order valence-corrected chi connectivity index (χ3v) is 5.10. The van der Waals surface area contributed by atoms with Crippen LogP contribution in [0.25, 0.3) is 0 Å². The van der Waals surface area contributed by atoms with E-state index in [4.69, 9.17) is 4.74 Å². The van der Waals surface area contributed by atoms with Gasteiger partial charge in [0.15, 0.2) is 5.82 Å². The number of ether oxygens (including phenoxy) is 1. The van der Waals surface area contributed by atoms with Crippen molar-refractivity contribution in [3.8, 4) is 0 Å². The van der Waals surface area contributed by atoms with Crippen molar-refractivity contribution in [3.05, 3.63) is 41.9 Å². The highest BCUT2D eigenvalue weighted by Gasteiger charge is 2.45. The molecule has 0 radical (unpaired) electrons. The first-order valence-electron chi connectivity index (χ1n) is 8.74. The lowest BCUT2D eigenvalue weighted by Crippen LogP contribution is -2.47. The minimum atomic E-state index is -0.0673. The smallest absolute Gasteiger partial charge is 0.268 e. The molecular weight excluding hydrogens is 318 g/mol. The summed E-state index contributed by atoms with van der Waals surface area (Å²) in [5.41, 5.74) is 1.55. The van der Waals surface area contributed by atoms with E-state index in [1.54, 1.807) is 0 Å². The summed E-state index contributed by atoms with van der Waals surface area (Å²) in [6.45, 7) is 3.35. The predicted molar refractivity (Wildman–Crippen MR) is 93.5 cm³/mol. The fraction of sp³-hybridized carbons (Fsp3) is 0.500. The molecule has 3 atom stereocenters. The van der Waals surface area contributed by atoms with Gasteiger partial charge in [0.25, 0.3) is 5.91 Å². The molecule has 0 spiro atoms. The molecule has 7 heteroatoms. The average molecular weight is 341 g/mol. The van der Waals surface area contributed by atoms with Crippen LogP contribution in [0.5, 0.6) is 0 Å². The van der Waals surface area contributed by atoms with Crippen LogP contribution >= 0.6 is 0 Å². The first-order chi connectivity index (χ1) is 12.1. The van der Waals surface area contributed by atoms with Gasteiger partial charge in [0.1, 0.15) is 5.69 Å². The number of amides is 1. The highest BCUT2D eigenvalue weighted by atomic mass is 16.5. The first kappa shape index (κ1) is 16.1. The van der Waals surface area contributed by atoms with E-state index in [0.717, 1.165) is 31.0 Å². The fourth-order valence-corrected chi connectivity index (χ4v) is 3.83. The predicted octanol–water partition coefficient (Wildman–Crippen LogP) is 1.29. The second-order valence-electron chi connectivity index (χ2n) is 6.81. The van der Waals surface area contributed by atoms with E-state index in [-0.39, 0.29) is 24.1 Å². The summed E-state index contributed by atoms with van der Waals surface area (Å²) >= 11 is 0. The molecule has 0 aliphatic carbocycles. The SMILES string of the molecule is Cc1ccc(N2C[C@@H](NC(=O)c3cccn3C)[C@@H]3OCCC[C@@H]32)nn1. The van der Waals surface area contributed by atoms with Crippen molar-refractivity contribution in [2.75, 3.05) is 18.1 Å².